The molecule has 1 nitrogen and oxygen atoms in total. The van der Waals surface area contributed by atoms with Crippen LogP contribution in [0.25, 0.3) is 0 Å². The van der Waals surface area contributed by atoms with E-state index in [-0.39, 0.29) is 0 Å². The number of piperidine rings is 1. The van der Waals surface area contributed by atoms with Gasteiger partial charge in [0.15, 0.2) is 0 Å². The molecular weight excluding hydrogens is 190 g/mol. The van der Waals surface area contributed by atoms with Crippen LogP contribution in [0.15, 0.2) is 11.4 Å². The third kappa shape index (κ3) is 0.832. The minimum atomic E-state index is 0.490. The molecular formula is C9H10ClNS. The number of fused-ring (bicyclic) bond motifs is 1. The van der Waals surface area contributed by atoms with Crippen molar-refractivity contribution in [1.82, 2.24) is 5.32 Å². The summed E-state index contributed by atoms with van der Waals surface area (Å²) in [6.07, 6.45) is 1.37. The van der Waals surface area contributed by atoms with Crippen LogP contribution < -0.4 is 5.32 Å². The van der Waals surface area contributed by atoms with Crippen LogP contribution in [0.2, 0.25) is 4.34 Å². The molecule has 3 heteroatoms. The molecule has 0 bridgehead atoms. The van der Waals surface area contributed by atoms with Gasteiger partial charge in [-0.05, 0) is 35.9 Å². The van der Waals surface area contributed by atoms with E-state index in [1.54, 1.807) is 11.3 Å². The van der Waals surface area contributed by atoms with Crippen molar-refractivity contribution >= 4 is 22.9 Å². The van der Waals surface area contributed by atoms with Gasteiger partial charge in [-0.3, -0.25) is 0 Å². The van der Waals surface area contributed by atoms with Crippen LogP contribution >= 0.6 is 22.9 Å². The molecule has 0 aromatic carbocycles. The van der Waals surface area contributed by atoms with E-state index in [0.29, 0.717) is 5.41 Å². The minimum Gasteiger partial charge on any atom is -0.316 e. The molecule has 0 amide bonds. The average molecular weight is 200 g/mol. The Morgan fingerprint density at radius 3 is 3.08 bits per heavy atom. The van der Waals surface area contributed by atoms with Crippen molar-refractivity contribution in [2.75, 3.05) is 13.1 Å². The highest BCUT2D eigenvalue weighted by Crippen LogP contribution is 2.57. The van der Waals surface area contributed by atoms with Gasteiger partial charge in [0.2, 0.25) is 0 Å². The van der Waals surface area contributed by atoms with Crippen LogP contribution in [-0.2, 0) is 5.41 Å². The number of thiophene rings is 1. The summed E-state index contributed by atoms with van der Waals surface area (Å²) in [6.45, 7) is 2.36. The molecule has 0 radical (unpaired) electrons. The van der Waals surface area contributed by atoms with Crippen LogP contribution in [0.4, 0.5) is 0 Å². The summed E-state index contributed by atoms with van der Waals surface area (Å²) in [5.74, 6) is 0.892. The molecule has 64 valence electrons. The average Bonchev–Trinajstić information content (AvgIpc) is 2.50. The second-order valence-corrected chi connectivity index (χ2v) is 5.37. The molecule has 2 fully saturated rings. The fourth-order valence-corrected chi connectivity index (χ4v) is 3.35. The summed E-state index contributed by atoms with van der Waals surface area (Å²) in [6, 6.07) is 2.14. The van der Waals surface area contributed by atoms with Crippen LogP contribution in [0.1, 0.15) is 12.0 Å². The van der Waals surface area contributed by atoms with Gasteiger partial charge in [-0.15, -0.1) is 11.3 Å². The monoisotopic (exact) mass is 199 g/mol. The van der Waals surface area contributed by atoms with Gasteiger partial charge >= 0.3 is 0 Å². The highest BCUT2D eigenvalue weighted by atomic mass is 35.5. The molecule has 2 atom stereocenters. The van der Waals surface area contributed by atoms with Gasteiger partial charge in [-0.25, -0.2) is 0 Å². The van der Waals surface area contributed by atoms with E-state index in [4.69, 9.17) is 11.6 Å². The molecule has 3 rings (SSSR count). The lowest BCUT2D eigenvalue weighted by Gasteiger charge is -2.07. The Kier molecular flexibility index (Phi) is 1.38. The van der Waals surface area contributed by atoms with Gasteiger partial charge in [0.1, 0.15) is 0 Å². The predicted octanol–water partition coefficient (Wildman–Crippen LogP) is 2.26. The summed E-state index contributed by atoms with van der Waals surface area (Å²) in [7, 11) is 0. The molecule has 2 aliphatic rings. The maximum Gasteiger partial charge on any atom is 0.0931 e. The Labute approximate surface area is 80.7 Å². The summed E-state index contributed by atoms with van der Waals surface area (Å²) < 4.78 is 0.928. The third-order valence-corrected chi connectivity index (χ3v) is 4.30. The molecule has 1 N–H and O–H groups in total. The molecule has 1 aromatic rings. The van der Waals surface area contributed by atoms with Crippen LogP contribution in [0.5, 0.6) is 0 Å². The molecule has 1 aliphatic carbocycles. The zero-order valence-electron chi connectivity index (χ0n) is 6.64. The Morgan fingerprint density at radius 1 is 1.67 bits per heavy atom. The molecule has 1 aromatic heterocycles. The molecule has 2 unspecified atom stereocenters. The second kappa shape index (κ2) is 2.25. The lowest BCUT2D eigenvalue weighted by Crippen LogP contribution is -2.18. The van der Waals surface area contributed by atoms with E-state index in [2.05, 4.69) is 16.8 Å². The molecule has 1 saturated heterocycles. The number of halogens is 1. The van der Waals surface area contributed by atoms with Gasteiger partial charge in [0.05, 0.1) is 4.34 Å². The van der Waals surface area contributed by atoms with Crippen LogP contribution in [0, 0.1) is 5.92 Å². The number of nitrogens with one attached hydrogen (secondary N) is 1. The standard InChI is InChI=1S/C9H10ClNS/c10-8-1-6(4-12-8)9-2-7(9)3-11-5-9/h1,4,7,11H,2-3,5H2. The highest BCUT2D eigenvalue weighted by molar-refractivity contribution is 7.14. The smallest absolute Gasteiger partial charge is 0.0931 e. The lowest BCUT2D eigenvalue weighted by atomic mass is 9.99. The quantitative estimate of drug-likeness (QED) is 0.732. The van der Waals surface area contributed by atoms with Crippen molar-refractivity contribution in [1.29, 1.82) is 0 Å². The van der Waals surface area contributed by atoms with Crippen molar-refractivity contribution in [2.45, 2.75) is 11.8 Å². The Morgan fingerprint density at radius 2 is 2.58 bits per heavy atom. The van der Waals surface area contributed by atoms with Crippen molar-refractivity contribution in [2.24, 2.45) is 5.92 Å². The van der Waals surface area contributed by atoms with Crippen molar-refractivity contribution in [3.05, 3.63) is 21.3 Å². The second-order valence-electron chi connectivity index (χ2n) is 3.83. The number of rotatable bonds is 1. The van der Waals surface area contributed by atoms with E-state index >= 15 is 0 Å². The summed E-state index contributed by atoms with van der Waals surface area (Å²) >= 11 is 7.57. The molecule has 0 spiro atoms. The van der Waals surface area contributed by atoms with Gasteiger partial charge in [0, 0.05) is 12.0 Å². The maximum absolute atomic E-state index is 5.92. The van der Waals surface area contributed by atoms with Crippen molar-refractivity contribution < 1.29 is 0 Å². The number of hydrogen-bond donors (Lipinski definition) is 1. The van der Waals surface area contributed by atoms with Gasteiger partial charge < -0.3 is 5.32 Å². The first-order valence-corrected chi connectivity index (χ1v) is 5.52. The maximum atomic E-state index is 5.92. The van der Waals surface area contributed by atoms with Crippen molar-refractivity contribution in [3.8, 4) is 0 Å². The number of hydrogen-bond acceptors (Lipinski definition) is 2. The van der Waals surface area contributed by atoms with Gasteiger partial charge in [0.25, 0.3) is 0 Å². The zero-order chi connectivity index (χ0) is 8.18. The molecule has 12 heavy (non-hydrogen) atoms. The Hall–Kier alpha value is -0.0500. The van der Waals surface area contributed by atoms with Gasteiger partial charge in [-0.2, -0.15) is 0 Å². The first-order chi connectivity index (χ1) is 5.81. The third-order valence-electron chi connectivity index (χ3n) is 3.21. The summed E-state index contributed by atoms with van der Waals surface area (Å²) in [5.41, 5.74) is 1.96. The Bertz CT molecular complexity index is 322. The van der Waals surface area contributed by atoms with E-state index in [1.165, 1.54) is 18.5 Å². The van der Waals surface area contributed by atoms with E-state index in [0.717, 1.165) is 16.8 Å². The first kappa shape index (κ1) is 7.36. The Balaban J connectivity index is 1.99. The fourth-order valence-electron chi connectivity index (χ4n) is 2.36. The molecule has 2 heterocycles. The zero-order valence-corrected chi connectivity index (χ0v) is 8.21. The normalized spacial score (nSPS) is 38.2. The summed E-state index contributed by atoms with van der Waals surface area (Å²) in [5, 5.41) is 5.65. The SMILES string of the molecule is Clc1cc(C23CNCC2C3)cs1. The first-order valence-electron chi connectivity index (χ1n) is 4.26. The van der Waals surface area contributed by atoms with Gasteiger partial charge in [-0.1, -0.05) is 11.6 Å². The summed E-state index contributed by atoms with van der Waals surface area (Å²) in [4.78, 5) is 0. The largest absolute Gasteiger partial charge is 0.316 e. The molecule has 1 saturated carbocycles. The fraction of sp³-hybridized carbons (Fsp3) is 0.556. The topological polar surface area (TPSA) is 12.0 Å². The highest BCUT2D eigenvalue weighted by Gasteiger charge is 2.58. The van der Waals surface area contributed by atoms with E-state index in [9.17, 15) is 0 Å². The van der Waals surface area contributed by atoms with Crippen LogP contribution in [0.3, 0.4) is 0 Å². The van der Waals surface area contributed by atoms with Crippen molar-refractivity contribution in [3.63, 3.8) is 0 Å². The predicted molar refractivity (Wildman–Crippen MR) is 52.0 cm³/mol. The van der Waals surface area contributed by atoms with E-state index in [1.807, 2.05) is 0 Å². The molecule has 1 aliphatic heterocycles. The lowest BCUT2D eigenvalue weighted by molar-refractivity contribution is 0.678. The minimum absolute atomic E-state index is 0.490. The van der Waals surface area contributed by atoms with Crippen LogP contribution in [-0.4, -0.2) is 13.1 Å². The van der Waals surface area contributed by atoms with E-state index < -0.39 is 0 Å².